The predicted octanol–water partition coefficient (Wildman–Crippen LogP) is -3.68. The van der Waals surface area contributed by atoms with Gasteiger partial charge in [0.1, 0.15) is 0 Å². The van der Waals surface area contributed by atoms with Crippen LogP contribution in [0.1, 0.15) is 14.8 Å². The Kier molecular flexibility index (Phi) is 8.75. The van der Waals surface area contributed by atoms with Gasteiger partial charge in [0.2, 0.25) is 0 Å². The van der Waals surface area contributed by atoms with Crippen molar-refractivity contribution in [2.24, 2.45) is 0 Å². The first kappa shape index (κ1) is 12.1. The number of carbonyl (C=O) groups excluding carboxylic acids is 1. The molecule has 0 aromatic carbocycles. The van der Waals surface area contributed by atoms with E-state index in [9.17, 15) is 4.79 Å². The maximum Gasteiger partial charge on any atom is 1.00 e. The van der Waals surface area contributed by atoms with Crippen LogP contribution in [-0.2, 0) is 9.53 Å². The molecule has 0 rings (SSSR count). The van der Waals surface area contributed by atoms with Crippen LogP contribution in [0.2, 0.25) is 0 Å². The zero-order valence-electron chi connectivity index (χ0n) is 6.50. The van der Waals surface area contributed by atoms with Crippen molar-refractivity contribution in [2.75, 3.05) is 0 Å². The summed E-state index contributed by atoms with van der Waals surface area (Å²) in [6.07, 6.45) is 0.150. The summed E-state index contributed by atoms with van der Waals surface area (Å²) in [5.74, 6) is -0.625. The number of carbonyl (C=O) groups is 1. The molecule has 0 saturated carbocycles. The van der Waals surface area contributed by atoms with Gasteiger partial charge in [0.25, 0.3) is 0 Å². The Morgan fingerprint density at radius 1 is 1.78 bits per heavy atom. The molecule has 0 amide bonds. The molecule has 9 heavy (non-hydrogen) atoms. The molecule has 0 bridgehead atoms. The minimum Gasteiger partial charge on any atom is -1.00 e. The molecule has 0 aliphatic heterocycles. The van der Waals surface area contributed by atoms with Crippen molar-refractivity contribution < 1.29 is 50.7 Å². The normalized spacial score (nSPS) is 8.44. The topological polar surface area (TPSA) is 66.8 Å². The number of hydrogen-bond donors (Lipinski definition) is 2. The Morgan fingerprint density at radius 3 is 2.33 bits per heavy atom. The largest absolute Gasteiger partial charge is 1.00 e. The molecule has 0 fully saturated rings. The van der Waals surface area contributed by atoms with Gasteiger partial charge in [0.15, 0.2) is 0 Å². The van der Waals surface area contributed by atoms with Gasteiger partial charge in [-0.2, -0.15) is 0 Å². The summed E-state index contributed by atoms with van der Waals surface area (Å²) in [5.41, 5.74) is 0. The average molecular weight is 144 g/mol. The van der Waals surface area contributed by atoms with E-state index in [1.54, 1.807) is 6.92 Å². The molecule has 0 radical (unpaired) electrons. The van der Waals surface area contributed by atoms with Crippen molar-refractivity contribution in [2.45, 2.75) is 19.8 Å². The number of rotatable bonds is 2. The Hall–Kier alpha value is 0.390. The molecule has 0 unspecified atom stereocenters. The van der Waals surface area contributed by atoms with Crippen LogP contribution in [0.5, 0.6) is 0 Å². The van der Waals surface area contributed by atoms with E-state index >= 15 is 0 Å². The molecule has 4 nitrogen and oxygen atoms in total. The van der Waals surface area contributed by atoms with Gasteiger partial charge in [-0.25, -0.2) is 0 Å². The molecule has 0 aliphatic carbocycles. The molecule has 0 heterocycles. The molecule has 0 atom stereocenters. The van der Waals surface area contributed by atoms with Crippen molar-refractivity contribution in [3.8, 4) is 0 Å². The summed E-state index contributed by atoms with van der Waals surface area (Å²) >= 11 is 0. The van der Waals surface area contributed by atoms with Crippen molar-refractivity contribution in [3.63, 3.8) is 0 Å². The Labute approximate surface area is 76.6 Å². The first-order valence-electron chi connectivity index (χ1n) is 2.22. The Bertz CT molecular complexity index is 87.3. The van der Waals surface area contributed by atoms with E-state index in [2.05, 4.69) is 4.74 Å². The summed E-state index contributed by atoms with van der Waals surface area (Å²) in [6.45, 7) is -0.410. The van der Waals surface area contributed by atoms with E-state index in [-0.39, 0.29) is 37.4 Å². The molecule has 0 aliphatic rings. The summed E-state index contributed by atoms with van der Waals surface area (Å²) in [5, 5.41) is 15.9. The Balaban J connectivity index is -0.000000245. The van der Waals surface area contributed by atoms with Gasteiger partial charge in [-0.1, -0.05) is 6.92 Å². The van der Waals surface area contributed by atoms with Gasteiger partial charge in [0.05, 0.1) is 0 Å². The first-order chi connectivity index (χ1) is 3.66. The van der Waals surface area contributed by atoms with Crippen LogP contribution in [0.25, 0.3) is 0 Å². The summed E-state index contributed by atoms with van der Waals surface area (Å²) in [6, 6.07) is 0. The van der Waals surface area contributed by atoms with E-state index in [0.29, 0.717) is 0 Å². The SMILES string of the molecule is CCC(=O)OC(O)O.[H-].[Na+]. The van der Waals surface area contributed by atoms with E-state index in [1.807, 2.05) is 0 Å². The van der Waals surface area contributed by atoms with Crippen LogP contribution in [0.4, 0.5) is 0 Å². The second-order valence-corrected chi connectivity index (χ2v) is 1.17. The summed E-state index contributed by atoms with van der Waals surface area (Å²) in [7, 11) is 0. The van der Waals surface area contributed by atoms with Crippen LogP contribution in [0, 0.1) is 0 Å². The number of aliphatic hydroxyl groups excluding tert-OH is 1. The van der Waals surface area contributed by atoms with Crippen molar-refractivity contribution in [1.29, 1.82) is 0 Å². The third-order valence-corrected chi connectivity index (χ3v) is 0.526. The molecule has 50 valence electrons. The fourth-order valence-corrected chi connectivity index (χ4v) is 0.201. The zero-order valence-corrected chi connectivity index (χ0v) is 7.50. The predicted molar refractivity (Wildman–Crippen MR) is 25.7 cm³/mol. The quantitative estimate of drug-likeness (QED) is 0.238. The number of hydrogen-bond acceptors (Lipinski definition) is 4. The second-order valence-electron chi connectivity index (χ2n) is 1.17. The molecule has 2 N–H and O–H groups in total. The molecule has 0 spiro atoms. The summed E-state index contributed by atoms with van der Waals surface area (Å²) < 4.78 is 3.87. The number of aliphatic hydroxyl groups is 2. The third-order valence-electron chi connectivity index (χ3n) is 0.526. The second kappa shape index (κ2) is 6.51. The van der Waals surface area contributed by atoms with Crippen molar-refractivity contribution >= 4 is 5.97 Å². The van der Waals surface area contributed by atoms with Crippen LogP contribution >= 0.6 is 0 Å². The molecule has 0 aromatic rings. The molecular weight excluding hydrogens is 135 g/mol. The molecular formula is C4H9NaO4. The van der Waals surface area contributed by atoms with Gasteiger partial charge in [-0.05, 0) is 0 Å². The average Bonchev–Trinajstić information content (AvgIpc) is 1.65. The van der Waals surface area contributed by atoms with Crippen LogP contribution in [0.3, 0.4) is 0 Å². The number of ether oxygens (including phenoxy) is 1. The van der Waals surface area contributed by atoms with Crippen LogP contribution in [0.15, 0.2) is 0 Å². The third kappa shape index (κ3) is 8.39. The van der Waals surface area contributed by atoms with Crippen LogP contribution in [-0.4, -0.2) is 22.7 Å². The maximum absolute atomic E-state index is 10.1. The van der Waals surface area contributed by atoms with Crippen LogP contribution < -0.4 is 29.6 Å². The molecule has 0 saturated heterocycles. The smallest absolute Gasteiger partial charge is 1.00 e. The summed E-state index contributed by atoms with van der Waals surface area (Å²) in [4.78, 5) is 10.1. The van der Waals surface area contributed by atoms with Gasteiger partial charge in [0, 0.05) is 6.42 Å². The Morgan fingerprint density at radius 2 is 2.22 bits per heavy atom. The minimum atomic E-state index is -1.97. The van der Waals surface area contributed by atoms with E-state index in [1.165, 1.54) is 0 Å². The van der Waals surface area contributed by atoms with Gasteiger partial charge < -0.3 is 16.4 Å². The van der Waals surface area contributed by atoms with Gasteiger partial charge in [-0.15, -0.1) is 0 Å². The van der Waals surface area contributed by atoms with Crippen molar-refractivity contribution in [3.05, 3.63) is 0 Å². The fourth-order valence-electron chi connectivity index (χ4n) is 0.201. The standard InChI is InChI=1S/C4H8O4.Na.H/c1-2-3(5)8-4(6)7;;/h4,6-7H,2H2,1H3;;/q;+1;-1. The van der Waals surface area contributed by atoms with Gasteiger partial charge in [-0.3, -0.25) is 4.79 Å². The maximum atomic E-state index is 10.1. The van der Waals surface area contributed by atoms with E-state index < -0.39 is 12.4 Å². The zero-order chi connectivity index (χ0) is 6.57. The first-order valence-corrected chi connectivity index (χ1v) is 2.22. The van der Waals surface area contributed by atoms with Crippen molar-refractivity contribution in [1.82, 2.24) is 0 Å². The van der Waals surface area contributed by atoms with Gasteiger partial charge >= 0.3 is 42.0 Å². The van der Waals surface area contributed by atoms with E-state index in [0.717, 1.165) is 0 Å². The monoisotopic (exact) mass is 144 g/mol. The molecule has 5 heteroatoms. The minimum absolute atomic E-state index is 0. The van der Waals surface area contributed by atoms with E-state index in [4.69, 9.17) is 10.2 Å². The number of esters is 1. The fraction of sp³-hybridized carbons (Fsp3) is 0.750. The molecule has 0 aromatic heterocycles.